The van der Waals surface area contributed by atoms with Crippen LogP contribution in [0.3, 0.4) is 0 Å². The van der Waals surface area contributed by atoms with E-state index in [1.807, 2.05) is 6.07 Å². The highest BCUT2D eigenvalue weighted by Crippen LogP contribution is 2.26. The standard InChI is InChI=1S/C19H20BBrS2/c1-4-5-14(7-6-13(2)10-19(21)22-3)15-8-9-16-12-18(20)23-17(16)11-15/h5-13H,4H2,1-3H3/b7-6-,14-5+,19-10-. The second kappa shape index (κ2) is 8.96. The van der Waals surface area contributed by atoms with Gasteiger partial charge < -0.3 is 0 Å². The van der Waals surface area contributed by atoms with Crippen LogP contribution in [0.5, 0.6) is 0 Å². The van der Waals surface area contributed by atoms with Crippen molar-refractivity contribution in [3.8, 4) is 0 Å². The van der Waals surface area contributed by atoms with Crippen LogP contribution >= 0.6 is 39.0 Å². The van der Waals surface area contributed by atoms with Gasteiger partial charge in [0.25, 0.3) is 0 Å². The van der Waals surface area contributed by atoms with Gasteiger partial charge in [-0.3, -0.25) is 0 Å². The minimum atomic E-state index is 0.387. The summed E-state index contributed by atoms with van der Waals surface area (Å²) in [6.07, 6.45) is 12.0. The van der Waals surface area contributed by atoms with Crippen molar-refractivity contribution in [1.29, 1.82) is 0 Å². The van der Waals surface area contributed by atoms with Crippen LogP contribution in [-0.4, -0.2) is 14.1 Å². The number of halogens is 1. The van der Waals surface area contributed by atoms with Crippen molar-refractivity contribution >= 4 is 67.3 Å². The summed E-state index contributed by atoms with van der Waals surface area (Å²) in [4.78, 5) is 0. The fourth-order valence-electron chi connectivity index (χ4n) is 2.32. The van der Waals surface area contributed by atoms with Crippen LogP contribution in [0.2, 0.25) is 0 Å². The van der Waals surface area contributed by atoms with Gasteiger partial charge in [-0.2, -0.15) is 11.3 Å². The molecule has 1 atom stereocenters. The summed E-state index contributed by atoms with van der Waals surface area (Å²) < 4.78 is 3.29. The Bertz CT molecular complexity index is 756. The zero-order valence-corrected chi connectivity index (χ0v) is 16.9. The minimum Gasteiger partial charge on any atom is -0.152 e. The largest absolute Gasteiger partial charge is 0.152 e. The lowest BCUT2D eigenvalue weighted by Crippen LogP contribution is -1.88. The Morgan fingerprint density at radius 2 is 2.17 bits per heavy atom. The maximum Gasteiger partial charge on any atom is 0.128 e. The smallest absolute Gasteiger partial charge is 0.128 e. The van der Waals surface area contributed by atoms with Gasteiger partial charge >= 0.3 is 0 Å². The van der Waals surface area contributed by atoms with Crippen molar-refractivity contribution in [2.24, 2.45) is 5.92 Å². The molecule has 0 amide bonds. The molecule has 0 saturated carbocycles. The van der Waals surface area contributed by atoms with Gasteiger partial charge in [-0.1, -0.05) is 56.4 Å². The number of benzene rings is 1. The fourth-order valence-corrected chi connectivity index (χ4v) is 3.96. The number of thioether (sulfide) groups is 1. The van der Waals surface area contributed by atoms with Crippen LogP contribution < -0.4 is 4.78 Å². The van der Waals surface area contributed by atoms with Crippen LogP contribution in [0.25, 0.3) is 15.7 Å². The zero-order chi connectivity index (χ0) is 16.8. The quantitative estimate of drug-likeness (QED) is 0.404. The molecule has 4 heteroatoms. The molecule has 2 aromatic rings. The van der Waals surface area contributed by atoms with Gasteiger partial charge in [0, 0.05) is 8.51 Å². The molecule has 0 aliphatic heterocycles. The van der Waals surface area contributed by atoms with Gasteiger partial charge in [0.1, 0.15) is 7.85 Å². The van der Waals surface area contributed by atoms with Crippen molar-refractivity contribution in [3.63, 3.8) is 0 Å². The Labute approximate surface area is 157 Å². The molecule has 0 aliphatic rings. The van der Waals surface area contributed by atoms with Gasteiger partial charge in [0.15, 0.2) is 0 Å². The SMILES string of the molecule is [B]c1cc2ccc(C(/C=C\C(C)/C=C(/Br)SC)=C/CC)cc2s1. The van der Waals surface area contributed by atoms with E-state index in [2.05, 4.69) is 78.5 Å². The molecule has 2 rings (SSSR count). The summed E-state index contributed by atoms with van der Waals surface area (Å²) in [5.74, 6) is 0.387. The Balaban J connectivity index is 2.28. The van der Waals surface area contributed by atoms with Gasteiger partial charge in [-0.15, -0.1) is 11.8 Å². The zero-order valence-electron chi connectivity index (χ0n) is 13.7. The van der Waals surface area contributed by atoms with Gasteiger partial charge in [0.05, 0.1) is 0 Å². The number of allylic oxidation sites excluding steroid dienone is 5. The summed E-state index contributed by atoms with van der Waals surface area (Å²) in [5.41, 5.74) is 2.51. The number of fused-ring (bicyclic) bond motifs is 1. The molecule has 0 aliphatic carbocycles. The van der Waals surface area contributed by atoms with Gasteiger partial charge in [-0.25, -0.2) is 0 Å². The van der Waals surface area contributed by atoms with Crippen LogP contribution in [-0.2, 0) is 0 Å². The maximum atomic E-state index is 5.91. The van der Waals surface area contributed by atoms with Crippen LogP contribution in [0.15, 0.2) is 52.4 Å². The second-order valence-corrected chi connectivity index (χ2v) is 8.70. The molecule has 2 radical (unpaired) electrons. The number of rotatable bonds is 6. The average molecular weight is 403 g/mol. The molecule has 0 nitrogen and oxygen atoms in total. The van der Waals surface area contributed by atoms with Crippen molar-refractivity contribution in [3.05, 3.63) is 57.9 Å². The number of hydrogen-bond donors (Lipinski definition) is 0. The van der Waals surface area contributed by atoms with E-state index < -0.39 is 0 Å². The third kappa shape index (κ3) is 5.41. The monoisotopic (exact) mass is 402 g/mol. The van der Waals surface area contributed by atoms with E-state index in [4.69, 9.17) is 7.85 Å². The lowest BCUT2D eigenvalue weighted by atomic mass is 10.0. The van der Waals surface area contributed by atoms with E-state index in [1.54, 1.807) is 23.1 Å². The molecular weight excluding hydrogens is 383 g/mol. The highest BCUT2D eigenvalue weighted by molar-refractivity contribution is 9.14. The Morgan fingerprint density at radius 3 is 2.87 bits per heavy atom. The van der Waals surface area contributed by atoms with E-state index in [1.165, 1.54) is 25.0 Å². The molecule has 0 N–H and O–H groups in total. The predicted octanol–water partition coefficient (Wildman–Crippen LogP) is 6.28. The number of thiophene rings is 1. The molecule has 1 heterocycles. The first-order valence-electron chi connectivity index (χ1n) is 7.62. The van der Waals surface area contributed by atoms with Crippen molar-refractivity contribution < 1.29 is 0 Å². The molecule has 0 bridgehead atoms. The Kier molecular flexibility index (Phi) is 7.25. The predicted molar refractivity (Wildman–Crippen MR) is 114 cm³/mol. The first-order chi connectivity index (χ1) is 11.0. The van der Waals surface area contributed by atoms with Gasteiger partial charge in [0.2, 0.25) is 0 Å². The fraction of sp³-hybridized carbons (Fsp3) is 0.263. The molecule has 1 aromatic heterocycles. The molecule has 1 unspecified atom stereocenters. The van der Waals surface area contributed by atoms with E-state index in [-0.39, 0.29) is 0 Å². The third-order valence-electron chi connectivity index (χ3n) is 3.46. The van der Waals surface area contributed by atoms with Crippen LogP contribution in [0, 0.1) is 5.92 Å². The third-order valence-corrected chi connectivity index (χ3v) is 6.15. The highest BCUT2D eigenvalue weighted by atomic mass is 79.9. The molecule has 118 valence electrons. The minimum absolute atomic E-state index is 0.387. The summed E-state index contributed by atoms with van der Waals surface area (Å²) in [5, 5.41) is 1.22. The van der Waals surface area contributed by atoms with Crippen molar-refractivity contribution in [2.75, 3.05) is 6.26 Å². The molecular formula is C19H20BBrS2. The summed E-state index contributed by atoms with van der Waals surface area (Å²) in [6, 6.07) is 8.61. The second-order valence-electron chi connectivity index (χ2n) is 5.36. The van der Waals surface area contributed by atoms with Crippen molar-refractivity contribution in [1.82, 2.24) is 0 Å². The lowest BCUT2D eigenvalue weighted by Gasteiger charge is -2.05. The van der Waals surface area contributed by atoms with E-state index in [9.17, 15) is 0 Å². The van der Waals surface area contributed by atoms with Gasteiger partial charge in [-0.05, 0) is 61.9 Å². The number of hydrogen-bond acceptors (Lipinski definition) is 2. The molecule has 23 heavy (non-hydrogen) atoms. The lowest BCUT2D eigenvalue weighted by molar-refractivity contribution is 0.942. The Morgan fingerprint density at radius 1 is 1.39 bits per heavy atom. The first kappa shape index (κ1) is 18.6. The molecule has 0 spiro atoms. The van der Waals surface area contributed by atoms with E-state index >= 15 is 0 Å². The van der Waals surface area contributed by atoms with Crippen LogP contribution in [0.1, 0.15) is 25.8 Å². The summed E-state index contributed by atoms with van der Waals surface area (Å²) >= 11 is 6.92. The van der Waals surface area contributed by atoms with E-state index in [0.717, 1.165) is 11.2 Å². The highest BCUT2D eigenvalue weighted by Gasteiger charge is 2.03. The average Bonchev–Trinajstić information content (AvgIpc) is 2.90. The topological polar surface area (TPSA) is 0 Å². The summed E-state index contributed by atoms with van der Waals surface area (Å²) in [6.45, 7) is 4.36. The van der Waals surface area contributed by atoms with E-state index in [0.29, 0.717) is 5.92 Å². The molecule has 0 saturated heterocycles. The maximum absolute atomic E-state index is 5.91. The molecule has 1 aromatic carbocycles. The summed E-state index contributed by atoms with van der Waals surface area (Å²) in [7, 11) is 5.91. The molecule has 0 fully saturated rings. The normalized spacial score (nSPS) is 14.8. The Hall–Kier alpha value is -0.705. The first-order valence-corrected chi connectivity index (χ1v) is 10.5. The van der Waals surface area contributed by atoms with Crippen LogP contribution in [0.4, 0.5) is 0 Å². The van der Waals surface area contributed by atoms with Crippen molar-refractivity contribution in [2.45, 2.75) is 20.3 Å².